The van der Waals surface area contributed by atoms with Gasteiger partial charge in [0.1, 0.15) is 17.1 Å². The van der Waals surface area contributed by atoms with Crippen molar-refractivity contribution in [2.45, 2.75) is 72.4 Å². The summed E-state index contributed by atoms with van der Waals surface area (Å²) >= 11 is 0. The standard InChI is InChI=1S/C18H30N2O4/c1-8-18(9-2,11-19-16(22)24-17(5,6)7)20-15(21)14-10-12(3)23-13(14)4/h10H,8-9,11H2,1-7H3,(H,19,22)(H,20,21). The van der Waals surface area contributed by atoms with Gasteiger partial charge in [-0.2, -0.15) is 0 Å². The van der Waals surface area contributed by atoms with Crippen LogP contribution in [0.25, 0.3) is 0 Å². The number of furan rings is 1. The molecule has 0 fully saturated rings. The minimum atomic E-state index is -0.556. The predicted molar refractivity (Wildman–Crippen MR) is 93.2 cm³/mol. The summed E-state index contributed by atoms with van der Waals surface area (Å²) in [7, 11) is 0. The molecule has 1 aromatic rings. The number of ether oxygens (including phenoxy) is 1. The Morgan fingerprint density at radius 3 is 2.17 bits per heavy atom. The molecule has 2 amide bonds. The predicted octanol–water partition coefficient (Wildman–Crippen LogP) is 3.71. The SMILES string of the molecule is CCC(CC)(CNC(=O)OC(C)(C)C)NC(=O)c1cc(C)oc1C. The zero-order valence-electron chi connectivity index (χ0n) is 15.8. The lowest BCUT2D eigenvalue weighted by Crippen LogP contribution is -2.55. The molecule has 2 N–H and O–H groups in total. The number of nitrogens with one attached hydrogen (secondary N) is 2. The van der Waals surface area contributed by atoms with E-state index < -0.39 is 17.2 Å². The lowest BCUT2D eigenvalue weighted by atomic mass is 9.92. The number of alkyl carbamates (subject to hydrolysis) is 1. The first kappa shape index (κ1) is 20.1. The first-order valence-corrected chi connectivity index (χ1v) is 8.38. The van der Waals surface area contributed by atoms with Gasteiger partial charge in [-0.15, -0.1) is 0 Å². The largest absolute Gasteiger partial charge is 0.466 e. The van der Waals surface area contributed by atoms with Crippen LogP contribution in [0.15, 0.2) is 10.5 Å². The van der Waals surface area contributed by atoms with E-state index in [2.05, 4.69) is 10.6 Å². The Bertz CT molecular complexity index is 580. The van der Waals surface area contributed by atoms with Crippen molar-refractivity contribution in [3.05, 3.63) is 23.2 Å². The molecule has 6 heteroatoms. The van der Waals surface area contributed by atoms with Crippen molar-refractivity contribution in [3.63, 3.8) is 0 Å². The van der Waals surface area contributed by atoms with E-state index in [1.807, 2.05) is 34.6 Å². The van der Waals surface area contributed by atoms with Crippen molar-refractivity contribution >= 4 is 12.0 Å². The highest BCUT2D eigenvalue weighted by Gasteiger charge is 2.31. The maximum Gasteiger partial charge on any atom is 0.407 e. The van der Waals surface area contributed by atoms with Crippen molar-refractivity contribution in [1.82, 2.24) is 10.6 Å². The second-order valence-corrected chi connectivity index (χ2v) is 7.12. The van der Waals surface area contributed by atoms with Gasteiger partial charge in [0.2, 0.25) is 0 Å². The Hall–Kier alpha value is -1.98. The van der Waals surface area contributed by atoms with Gasteiger partial charge in [-0.3, -0.25) is 4.79 Å². The van der Waals surface area contributed by atoms with Crippen molar-refractivity contribution in [2.24, 2.45) is 0 Å². The molecule has 0 aliphatic rings. The number of aryl methyl sites for hydroxylation is 2. The van der Waals surface area contributed by atoms with Crippen molar-refractivity contribution < 1.29 is 18.7 Å². The smallest absolute Gasteiger partial charge is 0.407 e. The lowest BCUT2D eigenvalue weighted by Gasteiger charge is -2.33. The molecule has 0 spiro atoms. The molecular formula is C18H30N2O4. The third-order valence-corrected chi connectivity index (χ3v) is 3.99. The summed E-state index contributed by atoms with van der Waals surface area (Å²) in [5, 5.41) is 5.81. The van der Waals surface area contributed by atoms with E-state index in [-0.39, 0.29) is 5.91 Å². The number of amides is 2. The van der Waals surface area contributed by atoms with Gasteiger partial charge in [-0.05, 0) is 53.5 Å². The van der Waals surface area contributed by atoms with Crippen LogP contribution in [0.5, 0.6) is 0 Å². The quantitative estimate of drug-likeness (QED) is 0.828. The van der Waals surface area contributed by atoms with Crippen LogP contribution in [-0.4, -0.2) is 29.7 Å². The summed E-state index contributed by atoms with van der Waals surface area (Å²) < 4.78 is 10.7. The van der Waals surface area contributed by atoms with E-state index in [1.54, 1.807) is 19.9 Å². The van der Waals surface area contributed by atoms with Gasteiger partial charge < -0.3 is 19.8 Å². The second-order valence-electron chi connectivity index (χ2n) is 7.12. The summed E-state index contributed by atoms with van der Waals surface area (Å²) in [6.45, 7) is 13.3. The molecule has 0 aliphatic carbocycles. The van der Waals surface area contributed by atoms with Crippen LogP contribution in [0.1, 0.15) is 69.3 Å². The van der Waals surface area contributed by atoms with Gasteiger partial charge in [0, 0.05) is 6.54 Å². The van der Waals surface area contributed by atoms with Crippen molar-refractivity contribution in [1.29, 1.82) is 0 Å². The zero-order valence-corrected chi connectivity index (χ0v) is 15.8. The Kier molecular flexibility index (Phi) is 6.46. The van der Waals surface area contributed by atoms with E-state index in [0.29, 0.717) is 36.5 Å². The molecule has 24 heavy (non-hydrogen) atoms. The fraction of sp³-hybridized carbons (Fsp3) is 0.667. The molecule has 0 radical (unpaired) electrons. The van der Waals surface area contributed by atoms with E-state index in [0.717, 1.165) is 0 Å². The van der Waals surface area contributed by atoms with Gasteiger partial charge >= 0.3 is 6.09 Å². The minimum absolute atomic E-state index is 0.195. The summed E-state index contributed by atoms with van der Waals surface area (Å²) in [6, 6.07) is 1.72. The number of hydrogen-bond donors (Lipinski definition) is 2. The maximum atomic E-state index is 12.6. The van der Waals surface area contributed by atoms with Crippen LogP contribution in [-0.2, 0) is 4.74 Å². The number of rotatable bonds is 6. The van der Waals surface area contributed by atoms with Crippen molar-refractivity contribution in [3.8, 4) is 0 Å². The van der Waals surface area contributed by atoms with Gasteiger partial charge in [0.05, 0.1) is 11.1 Å². The van der Waals surface area contributed by atoms with Gasteiger partial charge in [-0.25, -0.2) is 4.79 Å². The summed E-state index contributed by atoms with van der Waals surface area (Å²) in [4.78, 5) is 24.5. The zero-order chi connectivity index (χ0) is 18.5. The fourth-order valence-corrected chi connectivity index (χ4v) is 2.44. The molecular weight excluding hydrogens is 308 g/mol. The normalized spacial score (nSPS) is 12.0. The summed E-state index contributed by atoms with van der Waals surface area (Å²) in [5.41, 5.74) is -0.568. The molecule has 1 rings (SSSR count). The molecule has 0 aromatic carbocycles. The Labute approximate surface area is 144 Å². The van der Waals surface area contributed by atoms with Crippen LogP contribution >= 0.6 is 0 Å². The van der Waals surface area contributed by atoms with Crippen molar-refractivity contribution in [2.75, 3.05) is 6.54 Å². The second kappa shape index (κ2) is 7.73. The van der Waals surface area contributed by atoms with E-state index >= 15 is 0 Å². The molecule has 0 bridgehead atoms. The fourth-order valence-electron chi connectivity index (χ4n) is 2.44. The highest BCUT2D eigenvalue weighted by molar-refractivity contribution is 5.95. The number of carbonyl (C=O) groups is 2. The highest BCUT2D eigenvalue weighted by Crippen LogP contribution is 2.19. The van der Waals surface area contributed by atoms with Gasteiger partial charge in [0.15, 0.2) is 0 Å². The van der Waals surface area contributed by atoms with Crippen LogP contribution in [0, 0.1) is 13.8 Å². The van der Waals surface area contributed by atoms with Crippen LogP contribution < -0.4 is 10.6 Å². The van der Waals surface area contributed by atoms with E-state index in [4.69, 9.17) is 9.15 Å². The summed E-state index contributed by atoms with van der Waals surface area (Å²) in [5.74, 6) is 1.09. The molecule has 0 saturated carbocycles. The molecule has 0 aliphatic heterocycles. The Morgan fingerprint density at radius 1 is 1.17 bits per heavy atom. The monoisotopic (exact) mass is 338 g/mol. The first-order chi connectivity index (χ1) is 11.0. The Morgan fingerprint density at radius 2 is 1.75 bits per heavy atom. The molecule has 0 unspecified atom stereocenters. The van der Waals surface area contributed by atoms with Gasteiger partial charge in [0.25, 0.3) is 5.91 Å². The number of hydrogen-bond acceptors (Lipinski definition) is 4. The molecule has 0 saturated heterocycles. The highest BCUT2D eigenvalue weighted by atomic mass is 16.6. The topological polar surface area (TPSA) is 80.6 Å². The lowest BCUT2D eigenvalue weighted by molar-refractivity contribution is 0.0501. The van der Waals surface area contributed by atoms with Crippen LogP contribution in [0.3, 0.4) is 0 Å². The average Bonchev–Trinajstić information content (AvgIpc) is 2.80. The third kappa shape index (κ3) is 5.58. The third-order valence-electron chi connectivity index (χ3n) is 3.99. The average molecular weight is 338 g/mol. The van der Waals surface area contributed by atoms with Gasteiger partial charge in [-0.1, -0.05) is 13.8 Å². The molecule has 6 nitrogen and oxygen atoms in total. The summed E-state index contributed by atoms with van der Waals surface area (Å²) in [6.07, 6.45) is 0.875. The molecule has 1 aromatic heterocycles. The molecule has 136 valence electrons. The van der Waals surface area contributed by atoms with Crippen LogP contribution in [0.4, 0.5) is 4.79 Å². The molecule has 0 atom stereocenters. The van der Waals surface area contributed by atoms with E-state index in [9.17, 15) is 9.59 Å². The molecule has 1 heterocycles. The maximum absolute atomic E-state index is 12.6. The van der Waals surface area contributed by atoms with E-state index in [1.165, 1.54) is 0 Å². The number of carbonyl (C=O) groups excluding carboxylic acids is 2. The first-order valence-electron chi connectivity index (χ1n) is 8.38. The van der Waals surface area contributed by atoms with Crippen LogP contribution in [0.2, 0.25) is 0 Å². The minimum Gasteiger partial charge on any atom is -0.466 e. The Balaban J connectivity index is 2.79.